The zero-order valence-electron chi connectivity index (χ0n) is 13.6. The van der Waals surface area contributed by atoms with Gasteiger partial charge in [-0.25, -0.2) is 4.98 Å². The average molecular weight is 305 g/mol. The van der Waals surface area contributed by atoms with Gasteiger partial charge in [-0.15, -0.1) is 0 Å². The van der Waals surface area contributed by atoms with Crippen molar-refractivity contribution in [3.63, 3.8) is 0 Å². The van der Waals surface area contributed by atoms with E-state index in [1.165, 1.54) is 13.3 Å². The fourth-order valence-corrected chi connectivity index (χ4v) is 2.40. The number of amides is 2. The number of carbonyl (C=O) groups excluding carboxylic acids is 2. The van der Waals surface area contributed by atoms with Crippen molar-refractivity contribution in [3.8, 4) is 5.88 Å². The largest absolute Gasteiger partial charge is 0.481 e. The lowest BCUT2D eigenvalue weighted by atomic mass is 9.94. The molecular weight excluding hydrogens is 282 g/mol. The molecule has 1 aromatic rings. The van der Waals surface area contributed by atoms with Gasteiger partial charge in [0.15, 0.2) is 0 Å². The molecule has 6 heteroatoms. The van der Waals surface area contributed by atoms with Crippen molar-refractivity contribution < 1.29 is 14.3 Å². The van der Waals surface area contributed by atoms with E-state index < -0.39 is 0 Å². The molecule has 0 aliphatic carbocycles. The van der Waals surface area contributed by atoms with Gasteiger partial charge >= 0.3 is 0 Å². The first kappa shape index (κ1) is 16.3. The molecule has 0 saturated carbocycles. The number of aromatic nitrogens is 1. The van der Waals surface area contributed by atoms with Crippen LogP contribution in [0.4, 0.5) is 0 Å². The Balaban J connectivity index is 1.96. The molecule has 0 unspecified atom stereocenters. The van der Waals surface area contributed by atoms with Gasteiger partial charge in [0.1, 0.15) is 0 Å². The monoisotopic (exact) mass is 305 g/mol. The zero-order valence-corrected chi connectivity index (χ0v) is 13.6. The van der Waals surface area contributed by atoms with Gasteiger partial charge in [0, 0.05) is 43.9 Å². The first-order valence-corrected chi connectivity index (χ1v) is 7.41. The molecule has 2 rings (SSSR count). The summed E-state index contributed by atoms with van der Waals surface area (Å²) in [5, 5.41) is 0. The van der Waals surface area contributed by atoms with Gasteiger partial charge in [-0.3, -0.25) is 9.59 Å². The summed E-state index contributed by atoms with van der Waals surface area (Å²) < 4.78 is 4.99. The molecule has 1 aliphatic heterocycles. The van der Waals surface area contributed by atoms with Crippen molar-refractivity contribution in [2.45, 2.75) is 20.8 Å². The van der Waals surface area contributed by atoms with E-state index in [2.05, 4.69) is 4.98 Å². The number of ether oxygens (including phenoxy) is 1. The van der Waals surface area contributed by atoms with Crippen LogP contribution in [0.5, 0.6) is 5.88 Å². The summed E-state index contributed by atoms with van der Waals surface area (Å²) in [6.07, 6.45) is 1.52. The number of rotatable bonds is 2. The maximum atomic E-state index is 12.4. The molecule has 6 nitrogen and oxygen atoms in total. The number of methoxy groups -OCH3 is 1. The van der Waals surface area contributed by atoms with Crippen LogP contribution in [-0.2, 0) is 4.79 Å². The van der Waals surface area contributed by atoms with Crippen molar-refractivity contribution in [3.05, 3.63) is 23.9 Å². The summed E-state index contributed by atoms with van der Waals surface area (Å²) in [5.41, 5.74) is 0.155. The van der Waals surface area contributed by atoms with E-state index >= 15 is 0 Å². The van der Waals surface area contributed by atoms with Gasteiger partial charge < -0.3 is 14.5 Å². The zero-order chi connectivity index (χ0) is 16.3. The van der Waals surface area contributed by atoms with Crippen LogP contribution in [0.15, 0.2) is 18.3 Å². The average Bonchev–Trinajstić information content (AvgIpc) is 2.53. The smallest absolute Gasteiger partial charge is 0.255 e. The number of pyridine rings is 1. The Labute approximate surface area is 131 Å². The van der Waals surface area contributed by atoms with E-state index in [4.69, 9.17) is 4.74 Å². The number of piperazine rings is 1. The third-order valence-corrected chi connectivity index (χ3v) is 3.69. The van der Waals surface area contributed by atoms with Crippen LogP contribution in [0.3, 0.4) is 0 Å². The van der Waals surface area contributed by atoms with Crippen LogP contribution in [-0.4, -0.2) is 59.9 Å². The van der Waals surface area contributed by atoms with Crippen molar-refractivity contribution in [1.82, 2.24) is 14.8 Å². The van der Waals surface area contributed by atoms with Gasteiger partial charge in [-0.2, -0.15) is 0 Å². The van der Waals surface area contributed by atoms with E-state index in [1.807, 2.05) is 25.7 Å². The number of hydrogen-bond acceptors (Lipinski definition) is 4. The Bertz CT molecular complexity index is 541. The fraction of sp³-hybridized carbons (Fsp3) is 0.562. The maximum absolute atomic E-state index is 12.4. The van der Waals surface area contributed by atoms with E-state index in [1.54, 1.807) is 17.0 Å². The van der Waals surface area contributed by atoms with Crippen molar-refractivity contribution >= 4 is 11.8 Å². The molecule has 120 valence electrons. The quantitative estimate of drug-likeness (QED) is 0.829. The molecule has 2 amide bonds. The summed E-state index contributed by atoms with van der Waals surface area (Å²) in [7, 11) is 1.54. The lowest BCUT2D eigenvalue weighted by Crippen LogP contribution is -2.53. The van der Waals surface area contributed by atoms with Gasteiger partial charge in [0.05, 0.1) is 12.7 Å². The molecule has 1 aromatic heterocycles. The summed E-state index contributed by atoms with van der Waals surface area (Å²) in [5.74, 6) is 0.556. The molecule has 0 atom stereocenters. The lowest BCUT2D eigenvalue weighted by Gasteiger charge is -2.37. The fourth-order valence-electron chi connectivity index (χ4n) is 2.40. The van der Waals surface area contributed by atoms with E-state index in [0.717, 1.165) is 0 Å². The topological polar surface area (TPSA) is 62.7 Å². The van der Waals surface area contributed by atoms with Crippen LogP contribution < -0.4 is 4.74 Å². The van der Waals surface area contributed by atoms with Crippen LogP contribution >= 0.6 is 0 Å². The molecule has 0 aromatic carbocycles. The van der Waals surface area contributed by atoms with Crippen LogP contribution in [0.2, 0.25) is 0 Å². The van der Waals surface area contributed by atoms with Crippen molar-refractivity contribution in [2.24, 2.45) is 5.41 Å². The highest BCUT2D eigenvalue weighted by atomic mass is 16.5. The highest BCUT2D eigenvalue weighted by molar-refractivity contribution is 5.94. The molecule has 2 heterocycles. The second-order valence-corrected chi connectivity index (χ2v) is 6.42. The second kappa shape index (κ2) is 6.34. The Hall–Kier alpha value is -2.11. The summed E-state index contributed by atoms with van der Waals surface area (Å²) in [6, 6.07) is 3.38. The highest BCUT2D eigenvalue weighted by Gasteiger charge is 2.31. The molecule has 0 spiro atoms. The molecular formula is C16H23N3O3. The molecule has 1 fully saturated rings. The van der Waals surface area contributed by atoms with Crippen molar-refractivity contribution in [1.29, 1.82) is 0 Å². The highest BCUT2D eigenvalue weighted by Crippen LogP contribution is 2.19. The third-order valence-electron chi connectivity index (χ3n) is 3.69. The Morgan fingerprint density at radius 2 is 1.68 bits per heavy atom. The summed E-state index contributed by atoms with van der Waals surface area (Å²) in [6.45, 7) is 7.98. The van der Waals surface area contributed by atoms with Gasteiger partial charge in [0.2, 0.25) is 11.8 Å². The second-order valence-electron chi connectivity index (χ2n) is 6.42. The van der Waals surface area contributed by atoms with E-state index in [9.17, 15) is 9.59 Å². The lowest BCUT2D eigenvalue weighted by molar-refractivity contribution is -0.140. The van der Waals surface area contributed by atoms with Gasteiger partial charge in [-0.1, -0.05) is 20.8 Å². The van der Waals surface area contributed by atoms with Crippen LogP contribution in [0, 0.1) is 5.41 Å². The summed E-state index contributed by atoms with van der Waals surface area (Å²) >= 11 is 0. The molecule has 1 saturated heterocycles. The van der Waals surface area contributed by atoms with Crippen LogP contribution in [0.25, 0.3) is 0 Å². The predicted octanol–water partition coefficient (Wildman–Crippen LogP) is 1.42. The van der Waals surface area contributed by atoms with Crippen molar-refractivity contribution in [2.75, 3.05) is 33.3 Å². The third kappa shape index (κ3) is 3.55. The minimum absolute atomic E-state index is 0.0574. The normalized spacial score (nSPS) is 15.6. The summed E-state index contributed by atoms with van der Waals surface area (Å²) in [4.78, 5) is 32.3. The van der Waals surface area contributed by atoms with Crippen LogP contribution in [0.1, 0.15) is 31.1 Å². The van der Waals surface area contributed by atoms with Gasteiger partial charge in [-0.05, 0) is 6.07 Å². The number of carbonyl (C=O) groups is 2. The predicted molar refractivity (Wildman–Crippen MR) is 82.7 cm³/mol. The SMILES string of the molecule is COc1ccc(C(=O)N2CCN(C(=O)C(C)(C)C)CC2)cn1. The maximum Gasteiger partial charge on any atom is 0.255 e. The minimum atomic E-state index is -0.383. The first-order chi connectivity index (χ1) is 10.3. The van der Waals surface area contributed by atoms with Gasteiger partial charge in [0.25, 0.3) is 5.91 Å². The minimum Gasteiger partial charge on any atom is -0.481 e. The standard InChI is InChI=1S/C16H23N3O3/c1-16(2,3)15(21)19-9-7-18(8-10-19)14(20)12-5-6-13(22-4)17-11-12/h5-6,11H,7-10H2,1-4H3. The Morgan fingerprint density at radius 3 is 2.14 bits per heavy atom. The van der Waals surface area contributed by atoms with E-state index in [-0.39, 0.29) is 17.2 Å². The molecule has 0 bridgehead atoms. The number of hydrogen-bond donors (Lipinski definition) is 0. The Morgan fingerprint density at radius 1 is 1.09 bits per heavy atom. The number of nitrogens with zero attached hydrogens (tertiary/aromatic N) is 3. The van der Waals surface area contributed by atoms with E-state index in [0.29, 0.717) is 37.6 Å². The molecule has 22 heavy (non-hydrogen) atoms. The molecule has 0 N–H and O–H groups in total. The molecule has 0 radical (unpaired) electrons. The Kier molecular flexibility index (Phi) is 4.68. The first-order valence-electron chi connectivity index (χ1n) is 7.41. The molecule has 1 aliphatic rings.